The van der Waals surface area contributed by atoms with Gasteiger partial charge < -0.3 is 14.9 Å². The lowest BCUT2D eigenvalue weighted by Crippen LogP contribution is -2.49. The van der Waals surface area contributed by atoms with Crippen molar-refractivity contribution in [2.75, 3.05) is 6.54 Å². The molecule has 184 valence electrons. The van der Waals surface area contributed by atoms with Crippen molar-refractivity contribution in [3.8, 4) is 17.1 Å². The number of carbonyl (C=O) groups is 1. The molecule has 1 amide bonds. The third-order valence-corrected chi connectivity index (χ3v) is 7.45. The summed E-state index contributed by atoms with van der Waals surface area (Å²) >= 11 is 0. The number of aromatic nitrogens is 3. The second kappa shape index (κ2) is 8.62. The van der Waals surface area contributed by atoms with Gasteiger partial charge in [-0.05, 0) is 68.2 Å². The standard InChI is InChI=1S/C24H22F4N4O3/c25-15-9-14(10-16(26)18(15)33)21(34)30-12-23-3-6-24(7-4-23,8-5-23)22-31-20(32-35-22)13-1-2-17(19(27)28)29-11-13/h1-2,9-11,19,33H,3-8,12H2,(H,30,34). The van der Waals surface area contributed by atoms with E-state index < -0.39 is 29.7 Å². The number of phenolic OH excluding ortho intramolecular Hbond substituents is 1. The van der Waals surface area contributed by atoms with E-state index in [1.54, 1.807) is 0 Å². The first-order valence-electron chi connectivity index (χ1n) is 11.3. The Kier molecular flexibility index (Phi) is 5.72. The van der Waals surface area contributed by atoms with E-state index in [1.807, 2.05) is 0 Å². The number of carbonyl (C=O) groups excluding carboxylic acids is 1. The molecule has 2 bridgehead atoms. The zero-order chi connectivity index (χ0) is 24.8. The molecule has 3 saturated carbocycles. The van der Waals surface area contributed by atoms with Gasteiger partial charge >= 0.3 is 0 Å². The molecule has 2 heterocycles. The summed E-state index contributed by atoms with van der Waals surface area (Å²) in [6.45, 7) is 0.364. The van der Waals surface area contributed by atoms with Crippen LogP contribution in [-0.2, 0) is 5.41 Å². The highest BCUT2D eigenvalue weighted by molar-refractivity contribution is 5.94. The molecule has 3 fully saturated rings. The lowest BCUT2D eigenvalue weighted by molar-refractivity contribution is 0.0229. The number of nitrogens with zero attached hydrogens (tertiary/aromatic N) is 3. The highest BCUT2D eigenvalue weighted by atomic mass is 19.3. The number of fused-ring (bicyclic) bond motifs is 3. The smallest absolute Gasteiger partial charge is 0.280 e. The summed E-state index contributed by atoms with van der Waals surface area (Å²) in [4.78, 5) is 20.7. The molecule has 0 spiro atoms. The number of pyridine rings is 1. The first-order chi connectivity index (χ1) is 16.7. The van der Waals surface area contributed by atoms with Crippen LogP contribution in [0.3, 0.4) is 0 Å². The second-order valence-electron chi connectivity index (χ2n) is 9.45. The Bertz CT molecular complexity index is 1210. The minimum atomic E-state index is -2.65. The van der Waals surface area contributed by atoms with Crippen LogP contribution in [0.1, 0.15) is 66.9 Å². The molecule has 0 radical (unpaired) electrons. The SMILES string of the molecule is O=C(NCC12CCC(c3nc(-c4ccc(C(F)F)nc4)no3)(CC1)CC2)c1cc(F)c(O)c(F)c1. The van der Waals surface area contributed by atoms with Crippen LogP contribution in [0, 0.1) is 17.0 Å². The maximum atomic E-state index is 13.6. The lowest BCUT2D eigenvalue weighted by Gasteiger charge is -2.51. The Morgan fingerprint density at radius 2 is 1.74 bits per heavy atom. The quantitative estimate of drug-likeness (QED) is 0.468. The third-order valence-electron chi connectivity index (χ3n) is 7.45. The zero-order valence-electron chi connectivity index (χ0n) is 18.5. The van der Waals surface area contributed by atoms with Crippen LogP contribution in [0.15, 0.2) is 35.0 Å². The van der Waals surface area contributed by atoms with E-state index in [2.05, 4.69) is 20.4 Å². The molecule has 1 aromatic carbocycles. The summed E-state index contributed by atoms with van der Waals surface area (Å²) in [6, 6.07) is 4.34. The largest absolute Gasteiger partial charge is 0.503 e. The molecule has 35 heavy (non-hydrogen) atoms. The summed E-state index contributed by atoms with van der Waals surface area (Å²) < 4.78 is 58.2. The Labute approximate surface area is 197 Å². The molecule has 6 rings (SSSR count). The van der Waals surface area contributed by atoms with Crippen LogP contribution in [0.4, 0.5) is 17.6 Å². The predicted molar refractivity (Wildman–Crippen MR) is 115 cm³/mol. The third kappa shape index (κ3) is 4.23. The number of amides is 1. The van der Waals surface area contributed by atoms with Gasteiger partial charge in [0, 0.05) is 29.3 Å². The molecule has 11 heteroatoms. The van der Waals surface area contributed by atoms with Gasteiger partial charge in [-0.2, -0.15) is 4.98 Å². The average molecular weight is 490 g/mol. The van der Waals surface area contributed by atoms with Crippen LogP contribution < -0.4 is 5.32 Å². The molecule has 0 saturated heterocycles. The van der Waals surface area contributed by atoms with Gasteiger partial charge in [-0.25, -0.2) is 17.6 Å². The van der Waals surface area contributed by atoms with Crippen LogP contribution >= 0.6 is 0 Å². The zero-order valence-corrected chi connectivity index (χ0v) is 18.5. The highest BCUT2D eigenvalue weighted by Crippen LogP contribution is 2.57. The Morgan fingerprint density at radius 3 is 2.31 bits per heavy atom. The number of phenols is 1. The van der Waals surface area contributed by atoms with Crippen LogP contribution in [0.2, 0.25) is 0 Å². The minimum absolute atomic E-state index is 0.136. The molecule has 0 aliphatic heterocycles. The number of benzene rings is 1. The maximum absolute atomic E-state index is 13.6. The monoisotopic (exact) mass is 490 g/mol. The molecule has 0 unspecified atom stereocenters. The van der Waals surface area contributed by atoms with E-state index in [9.17, 15) is 27.5 Å². The number of nitrogens with one attached hydrogen (secondary N) is 1. The molecule has 3 aliphatic carbocycles. The van der Waals surface area contributed by atoms with Crippen molar-refractivity contribution in [2.24, 2.45) is 5.41 Å². The van der Waals surface area contributed by atoms with Gasteiger partial charge in [-0.3, -0.25) is 9.78 Å². The molecule has 0 atom stereocenters. The van der Waals surface area contributed by atoms with Gasteiger partial charge in [0.25, 0.3) is 12.3 Å². The van der Waals surface area contributed by atoms with E-state index >= 15 is 0 Å². The average Bonchev–Trinajstić information content (AvgIpc) is 3.38. The molecule has 2 N–H and O–H groups in total. The topological polar surface area (TPSA) is 101 Å². The van der Waals surface area contributed by atoms with Crippen molar-refractivity contribution in [3.63, 3.8) is 0 Å². The summed E-state index contributed by atoms with van der Waals surface area (Å²) in [7, 11) is 0. The van der Waals surface area contributed by atoms with Gasteiger partial charge in [-0.1, -0.05) is 5.16 Å². The van der Waals surface area contributed by atoms with E-state index in [0.717, 1.165) is 50.7 Å². The predicted octanol–water partition coefficient (Wildman–Crippen LogP) is 5.08. The van der Waals surface area contributed by atoms with Crippen molar-refractivity contribution in [3.05, 3.63) is 59.2 Å². The summed E-state index contributed by atoms with van der Waals surface area (Å²) in [5, 5.41) is 16.0. The number of rotatable bonds is 6. The van der Waals surface area contributed by atoms with Crippen molar-refractivity contribution in [2.45, 2.75) is 50.4 Å². The van der Waals surface area contributed by atoms with Crippen molar-refractivity contribution in [1.82, 2.24) is 20.4 Å². The molecule has 3 aliphatic rings. The number of hydrogen-bond acceptors (Lipinski definition) is 6. The number of halogens is 4. The lowest BCUT2D eigenvalue weighted by atomic mass is 9.53. The molecule has 2 aromatic heterocycles. The summed E-state index contributed by atoms with van der Waals surface area (Å²) in [6.07, 6.45) is 3.37. The molecule has 7 nitrogen and oxygen atoms in total. The van der Waals surface area contributed by atoms with E-state index in [4.69, 9.17) is 4.52 Å². The van der Waals surface area contributed by atoms with Crippen LogP contribution in [0.25, 0.3) is 11.4 Å². The molecular weight excluding hydrogens is 468 g/mol. The van der Waals surface area contributed by atoms with E-state index in [-0.39, 0.29) is 22.1 Å². The highest BCUT2D eigenvalue weighted by Gasteiger charge is 2.52. The fourth-order valence-electron chi connectivity index (χ4n) is 5.14. The fourth-order valence-corrected chi connectivity index (χ4v) is 5.14. The van der Waals surface area contributed by atoms with Crippen molar-refractivity contribution in [1.29, 1.82) is 0 Å². The Hall–Kier alpha value is -3.50. The fraction of sp³-hybridized carbons (Fsp3) is 0.417. The first kappa shape index (κ1) is 23.3. The second-order valence-corrected chi connectivity index (χ2v) is 9.45. The first-order valence-corrected chi connectivity index (χ1v) is 11.3. The molecule has 3 aromatic rings. The summed E-state index contributed by atoms with van der Waals surface area (Å²) in [5.74, 6) is -3.28. The van der Waals surface area contributed by atoms with Crippen molar-refractivity contribution >= 4 is 5.91 Å². The van der Waals surface area contributed by atoms with E-state index in [1.165, 1.54) is 18.3 Å². The van der Waals surface area contributed by atoms with Gasteiger partial charge in [0.05, 0.1) is 0 Å². The molecular formula is C24H22F4N4O3. The minimum Gasteiger partial charge on any atom is -0.503 e. The van der Waals surface area contributed by atoms with Gasteiger partial charge in [0.2, 0.25) is 11.7 Å². The van der Waals surface area contributed by atoms with Crippen molar-refractivity contribution < 1.29 is 32.0 Å². The number of aromatic hydroxyl groups is 1. The van der Waals surface area contributed by atoms with Crippen LogP contribution in [0.5, 0.6) is 5.75 Å². The Balaban J connectivity index is 1.23. The van der Waals surface area contributed by atoms with E-state index in [0.29, 0.717) is 23.8 Å². The van der Waals surface area contributed by atoms with Gasteiger partial charge in [0.1, 0.15) is 5.69 Å². The number of alkyl halides is 2. The normalized spacial score (nSPS) is 23.6. The number of hydrogen-bond donors (Lipinski definition) is 2. The summed E-state index contributed by atoms with van der Waals surface area (Å²) in [5.41, 5.74) is -0.434. The maximum Gasteiger partial charge on any atom is 0.280 e. The van der Waals surface area contributed by atoms with Gasteiger partial charge in [0.15, 0.2) is 17.4 Å². The van der Waals surface area contributed by atoms with Crippen LogP contribution in [-0.4, -0.2) is 32.7 Å². The van der Waals surface area contributed by atoms with Gasteiger partial charge in [-0.15, -0.1) is 0 Å². The Morgan fingerprint density at radius 1 is 1.09 bits per heavy atom.